The molecule has 0 unspecified atom stereocenters. The van der Waals surface area contributed by atoms with Crippen LogP contribution in [0.3, 0.4) is 0 Å². The maximum Gasteiger partial charge on any atom is 0.416 e. The second kappa shape index (κ2) is 11.0. The number of amides is 1. The molecule has 5 aromatic rings. The summed E-state index contributed by atoms with van der Waals surface area (Å²) in [7, 11) is 0. The van der Waals surface area contributed by atoms with Gasteiger partial charge in [-0.15, -0.1) is 21.5 Å². The van der Waals surface area contributed by atoms with Crippen LogP contribution in [0.5, 0.6) is 0 Å². The Morgan fingerprint density at radius 1 is 0.947 bits per heavy atom. The van der Waals surface area contributed by atoms with Crippen LogP contribution in [0.4, 0.5) is 18.9 Å². The van der Waals surface area contributed by atoms with Crippen molar-refractivity contribution in [3.8, 4) is 16.4 Å². The van der Waals surface area contributed by atoms with Gasteiger partial charge in [-0.3, -0.25) is 9.36 Å². The molecule has 0 aliphatic heterocycles. The molecule has 1 atom stereocenters. The summed E-state index contributed by atoms with van der Waals surface area (Å²) in [4.78, 5) is 14.5. The Morgan fingerprint density at radius 2 is 1.66 bits per heavy atom. The van der Waals surface area contributed by atoms with Crippen LogP contribution < -0.4 is 5.32 Å². The molecule has 1 N–H and O–H groups in total. The fourth-order valence-corrected chi connectivity index (χ4v) is 5.64. The summed E-state index contributed by atoms with van der Waals surface area (Å²) >= 11 is 8.80. The van der Waals surface area contributed by atoms with E-state index in [0.29, 0.717) is 16.5 Å². The summed E-state index contributed by atoms with van der Waals surface area (Å²) in [5, 5.41) is 12.9. The summed E-state index contributed by atoms with van der Waals surface area (Å²) in [5.41, 5.74) is 0.400. The van der Waals surface area contributed by atoms with Gasteiger partial charge >= 0.3 is 6.18 Å². The number of rotatable bonds is 7. The van der Waals surface area contributed by atoms with Crippen LogP contribution in [0.15, 0.2) is 102 Å². The van der Waals surface area contributed by atoms with Gasteiger partial charge in [0.05, 0.1) is 21.2 Å². The molecule has 3 aromatic carbocycles. The van der Waals surface area contributed by atoms with Crippen molar-refractivity contribution in [2.24, 2.45) is 0 Å². The number of thiophene rings is 1. The van der Waals surface area contributed by atoms with Crippen molar-refractivity contribution in [3.05, 3.63) is 113 Å². The molecule has 2 aromatic heterocycles. The van der Waals surface area contributed by atoms with Crippen LogP contribution >= 0.6 is 34.7 Å². The zero-order chi connectivity index (χ0) is 26.7. The van der Waals surface area contributed by atoms with E-state index in [-0.39, 0.29) is 10.7 Å². The molecule has 38 heavy (non-hydrogen) atoms. The molecule has 0 aliphatic rings. The molecule has 2 heterocycles. The number of thioether (sulfide) groups is 1. The first kappa shape index (κ1) is 26.0. The number of benzene rings is 3. The summed E-state index contributed by atoms with van der Waals surface area (Å²) in [6.07, 6.45) is -4.58. The maximum absolute atomic E-state index is 13.6. The molecule has 0 radical (unpaired) electrons. The number of nitrogens with one attached hydrogen (secondary N) is 1. The minimum Gasteiger partial charge on any atom is -0.323 e. The molecule has 192 valence electrons. The molecule has 0 fully saturated rings. The van der Waals surface area contributed by atoms with Gasteiger partial charge in [0, 0.05) is 5.69 Å². The van der Waals surface area contributed by atoms with Crippen LogP contribution in [0.25, 0.3) is 16.4 Å². The van der Waals surface area contributed by atoms with Crippen molar-refractivity contribution < 1.29 is 18.0 Å². The van der Waals surface area contributed by atoms with E-state index in [2.05, 4.69) is 15.5 Å². The second-order valence-corrected chi connectivity index (χ2v) is 10.5. The highest BCUT2D eigenvalue weighted by Crippen LogP contribution is 2.40. The Bertz CT molecular complexity index is 1540. The molecule has 5 nitrogen and oxygen atoms in total. The number of carbonyl (C=O) groups is 1. The second-order valence-electron chi connectivity index (χ2n) is 8.04. The Kier molecular flexibility index (Phi) is 7.55. The molecule has 0 saturated heterocycles. The molecule has 11 heteroatoms. The van der Waals surface area contributed by atoms with E-state index in [0.717, 1.165) is 40.5 Å². The molecule has 0 aliphatic carbocycles. The third-order valence-electron chi connectivity index (χ3n) is 5.50. The van der Waals surface area contributed by atoms with Crippen LogP contribution in [0, 0.1) is 0 Å². The van der Waals surface area contributed by atoms with E-state index < -0.39 is 22.9 Å². The smallest absolute Gasteiger partial charge is 0.323 e. The van der Waals surface area contributed by atoms with Gasteiger partial charge in [-0.2, -0.15) is 13.2 Å². The third-order valence-corrected chi connectivity index (χ3v) is 7.90. The predicted octanol–water partition coefficient (Wildman–Crippen LogP) is 8.14. The molecule has 5 rings (SSSR count). The third kappa shape index (κ3) is 5.62. The largest absolute Gasteiger partial charge is 0.416 e. The number of hydrogen-bond acceptors (Lipinski definition) is 5. The highest BCUT2D eigenvalue weighted by atomic mass is 35.5. The fraction of sp³-hybridized carbons (Fsp3) is 0.0741. The van der Waals surface area contributed by atoms with Gasteiger partial charge in [0.25, 0.3) is 0 Å². The number of halogens is 4. The molecule has 0 bridgehead atoms. The number of alkyl halides is 3. The van der Waals surface area contributed by atoms with Gasteiger partial charge in [0.1, 0.15) is 5.25 Å². The number of nitrogens with zero attached hydrogens (tertiary/aromatic N) is 3. The van der Waals surface area contributed by atoms with Gasteiger partial charge in [-0.25, -0.2) is 0 Å². The van der Waals surface area contributed by atoms with Gasteiger partial charge in [0.15, 0.2) is 11.0 Å². The first-order valence-corrected chi connectivity index (χ1v) is 13.4. The highest BCUT2D eigenvalue weighted by molar-refractivity contribution is 8.00. The normalized spacial score (nSPS) is 12.3. The molecule has 1 amide bonds. The van der Waals surface area contributed by atoms with Gasteiger partial charge in [-0.05, 0) is 47.3 Å². The summed E-state index contributed by atoms with van der Waals surface area (Å²) < 4.78 is 41.7. The summed E-state index contributed by atoms with van der Waals surface area (Å²) in [6, 6.07) is 25.1. The van der Waals surface area contributed by atoms with Crippen molar-refractivity contribution in [3.63, 3.8) is 0 Å². The number of para-hydroxylation sites is 1. The number of aromatic nitrogens is 3. The topological polar surface area (TPSA) is 59.8 Å². The Balaban J connectivity index is 1.54. The number of carbonyl (C=O) groups excluding carboxylic acids is 1. The first-order chi connectivity index (χ1) is 18.3. The quantitative estimate of drug-likeness (QED) is 0.201. The number of hydrogen-bond donors (Lipinski definition) is 1. The Labute approximate surface area is 229 Å². The van der Waals surface area contributed by atoms with Crippen LogP contribution in [-0.2, 0) is 11.0 Å². The molecule has 0 saturated carbocycles. The minimum absolute atomic E-state index is 0.00408. The number of anilines is 1. The van der Waals surface area contributed by atoms with E-state index in [1.807, 2.05) is 58.5 Å². The lowest BCUT2D eigenvalue weighted by Gasteiger charge is -2.19. The minimum atomic E-state index is -4.58. The van der Waals surface area contributed by atoms with Crippen LogP contribution in [0.2, 0.25) is 5.02 Å². The van der Waals surface area contributed by atoms with Crippen LogP contribution in [-0.4, -0.2) is 20.7 Å². The SMILES string of the molecule is O=C(Nc1cc(C(F)(F)F)ccc1Cl)[C@@H](Sc1nnc(-c2cccs2)n1-c1ccccc1)c1ccccc1. The van der Waals surface area contributed by atoms with Crippen molar-refractivity contribution in [1.82, 2.24) is 14.8 Å². The summed E-state index contributed by atoms with van der Waals surface area (Å²) in [5.74, 6) is 0.0598. The lowest BCUT2D eigenvalue weighted by atomic mass is 10.1. The average molecular weight is 571 g/mol. The zero-order valence-corrected chi connectivity index (χ0v) is 21.8. The van der Waals surface area contributed by atoms with Crippen molar-refractivity contribution >= 4 is 46.3 Å². The monoisotopic (exact) mass is 570 g/mol. The van der Waals surface area contributed by atoms with E-state index in [1.165, 1.54) is 11.3 Å². The standard InChI is InChI=1S/C27H18ClF3N4OS2/c28-20-14-13-18(27(29,30)31)16-21(20)32-25(36)23(17-8-3-1-4-9-17)38-26-34-33-24(22-12-7-15-37-22)35(26)19-10-5-2-6-11-19/h1-16,23H,(H,32,36)/t23-/m0/s1. The van der Waals surface area contributed by atoms with Gasteiger partial charge < -0.3 is 5.32 Å². The maximum atomic E-state index is 13.6. The van der Waals surface area contributed by atoms with Crippen molar-refractivity contribution in [2.45, 2.75) is 16.6 Å². The van der Waals surface area contributed by atoms with Crippen LogP contribution in [0.1, 0.15) is 16.4 Å². The Hall–Kier alpha value is -3.60. The first-order valence-electron chi connectivity index (χ1n) is 11.2. The van der Waals surface area contributed by atoms with Gasteiger partial charge in [0.2, 0.25) is 5.91 Å². The van der Waals surface area contributed by atoms with E-state index in [1.54, 1.807) is 24.3 Å². The van der Waals surface area contributed by atoms with E-state index in [4.69, 9.17) is 11.6 Å². The van der Waals surface area contributed by atoms with Crippen molar-refractivity contribution in [1.29, 1.82) is 0 Å². The lowest BCUT2D eigenvalue weighted by molar-refractivity contribution is -0.137. The Morgan fingerprint density at radius 3 is 2.32 bits per heavy atom. The average Bonchev–Trinajstić information content (AvgIpc) is 3.59. The molecular weight excluding hydrogens is 553 g/mol. The molecular formula is C27H18ClF3N4OS2. The van der Waals surface area contributed by atoms with E-state index in [9.17, 15) is 18.0 Å². The van der Waals surface area contributed by atoms with E-state index >= 15 is 0 Å². The lowest BCUT2D eigenvalue weighted by Crippen LogP contribution is -2.20. The highest BCUT2D eigenvalue weighted by Gasteiger charge is 2.32. The fourth-order valence-electron chi connectivity index (χ4n) is 3.72. The summed E-state index contributed by atoms with van der Waals surface area (Å²) in [6.45, 7) is 0. The molecule has 0 spiro atoms. The zero-order valence-electron chi connectivity index (χ0n) is 19.4. The van der Waals surface area contributed by atoms with Gasteiger partial charge in [-0.1, -0.05) is 78.0 Å². The predicted molar refractivity (Wildman–Crippen MR) is 145 cm³/mol. The van der Waals surface area contributed by atoms with Crippen molar-refractivity contribution in [2.75, 3.05) is 5.32 Å².